The number of ether oxygens (including phenoxy) is 1. The Hall–Kier alpha value is -0.810. The van der Waals surface area contributed by atoms with E-state index in [2.05, 4.69) is 0 Å². The fourth-order valence-electron chi connectivity index (χ4n) is 3.19. The average molecular weight is 270 g/mol. The van der Waals surface area contributed by atoms with Gasteiger partial charge in [0.15, 0.2) is 0 Å². The van der Waals surface area contributed by atoms with Crippen molar-refractivity contribution in [2.45, 2.75) is 63.7 Å². The molecule has 3 atom stereocenters. The molecule has 2 rings (SSSR count). The standard InChI is InChI=1S/C14H26N2O3/c1-2-16-9-12(19-14(16)18)13(17)11(15)8-10-6-4-3-5-7-10/h10-13,17H,2-9,15H2,1H3. The second kappa shape index (κ2) is 6.57. The van der Waals surface area contributed by atoms with Crippen LogP contribution in [0.4, 0.5) is 4.79 Å². The molecular formula is C14H26N2O3. The van der Waals surface area contributed by atoms with Gasteiger partial charge < -0.3 is 20.5 Å². The van der Waals surface area contributed by atoms with Crippen molar-refractivity contribution in [3.05, 3.63) is 0 Å². The summed E-state index contributed by atoms with van der Waals surface area (Å²) < 4.78 is 5.19. The number of amides is 1. The van der Waals surface area contributed by atoms with Crippen LogP contribution in [0.2, 0.25) is 0 Å². The lowest BCUT2D eigenvalue weighted by molar-refractivity contribution is 0.0120. The smallest absolute Gasteiger partial charge is 0.410 e. The van der Waals surface area contributed by atoms with Gasteiger partial charge in [0.25, 0.3) is 0 Å². The number of carbonyl (C=O) groups excluding carboxylic acids is 1. The molecule has 3 unspecified atom stereocenters. The number of rotatable bonds is 5. The zero-order chi connectivity index (χ0) is 13.8. The predicted octanol–water partition coefficient (Wildman–Crippen LogP) is 1.49. The largest absolute Gasteiger partial charge is 0.441 e. The summed E-state index contributed by atoms with van der Waals surface area (Å²) in [6, 6.07) is -0.294. The van der Waals surface area contributed by atoms with Crippen LogP contribution >= 0.6 is 0 Å². The number of cyclic esters (lactones) is 1. The molecule has 1 saturated carbocycles. The first kappa shape index (κ1) is 14.6. The van der Waals surface area contributed by atoms with E-state index in [4.69, 9.17) is 10.5 Å². The van der Waals surface area contributed by atoms with Gasteiger partial charge in [0.05, 0.1) is 6.54 Å². The van der Waals surface area contributed by atoms with E-state index < -0.39 is 12.2 Å². The second-order valence-corrected chi connectivity index (χ2v) is 5.86. The molecule has 3 N–H and O–H groups in total. The highest BCUT2D eigenvalue weighted by Gasteiger charge is 2.38. The normalized spacial score (nSPS) is 28.3. The van der Waals surface area contributed by atoms with Crippen molar-refractivity contribution >= 4 is 6.09 Å². The molecule has 5 heteroatoms. The maximum absolute atomic E-state index is 11.5. The third kappa shape index (κ3) is 3.60. The van der Waals surface area contributed by atoms with E-state index in [1.807, 2.05) is 6.92 Å². The molecule has 5 nitrogen and oxygen atoms in total. The van der Waals surface area contributed by atoms with Gasteiger partial charge in [-0.25, -0.2) is 4.79 Å². The Labute approximate surface area is 115 Å². The zero-order valence-corrected chi connectivity index (χ0v) is 11.8. The van der Waals surface area contributed by atoms with Gasteiger partial charge in [-0.2, -0.15) is 0 Å². The number of aliphatic hydroxyl groups excluding tert-OH is 1. The Balaban J connectivity index is 1.81. The van der Waals surface area contributed by atoms with Crippen LogP contribution in [-0.4, -0.2) is 47.4 Å². The maximum atomic E-state index is 11.5. The molecule has 0 aromatic heterocycles. The number of aliphatic hydroxyl groups is 1. The molecule has 0 radical (unpaired) electrons. The Morgan fingerprint density at radius 3 is 2.68 bits per heavy atom. The highest BCUT2D eigenvalue weighted by atomic mass is 16.6. The maximum Gasteiger partial charge on any atom is 0.410 e. The minimum Gasteiger partial charge on any atom is -0.441 e. The number of hydrogen-bond donors (Lipinski definition) is 2. The average Bonchev–Trinajstić information content (AvgIpc) is 2.80. The van der Waals surface area contributed by atoms with E-state index in [1.54, 1.807) is 4.90 Å². The van der Waals surface area contributed by atoms with Crippen LogP contribution in [0.5, 0.6) is 0 Å². The van der Waals surface area contributed by atoms with E-state index >= 15 is 0 Å². The van der Waals surface area contributed by atoms with Crippen LogP contribution in [-0.2, 0) is 4.74 Å². The first-order valence-electron chi connectivity index (χ1n) is 7.51. The summed E-state index contributed by atoms with van der Waals surface area (Å²) in [4.78, 5) is 13.1. The number of nitrogens with zero attached hydrogens (tertiary/aromatic N) is 1. The number of nitrogens with two attached hydrogens (primary N) is 1. The molecule has 0 spiro atoms. The summed E-state index contributed by atoms with van der Waals surface area (Å²) >= 11 is 0. The Morgan fingerprint density at radius 1 is 1.42 bits per heavy atom. The topological polar surface area (TPSA) is 75.8 Å². The molecule has 1 amide bonds. The van der Waals surface area contributed by atoms with Crippen molar-refractivity contribution in [2.75, 3.05) is 13.1 Å². The fourth-order valence-corrected chi connectivity index (χ4v) is 3.19. The van der Waals surface area contributed by atoms with Crippen molar-refractivity contribution in [1.82, 2.24) is 4.90 Å². The van der Waals surface area contributed by atoms with Crippen LogP contribution in [0, 0.1) is 5.92 Å². The van der Waals surface area contributed by atoms with Gasteiger partial charge in [-0.15, -0.1) is 0 Å². The van der Waals surface area contributed by atoms with Crippen molar-refractivity contribution in [1.29, 1.82) is 0 Å². The lowest BCUT2D eigenvalue weighted by Crippen LogP contribution is -2.45. The SMILES string of the molecule is CCN1CC(C(O)C(N)CC2CCCCC2)OC1=O. The highest BCUT2D eigenvalue weighted by Crippen LogP contribution is 2.28. The summed E-state index contributed by atoms with van der Waals surface area (Å²) in [6.45, 7) is 2.97. The molecule has 0 aromatic carbocycles. The Kier molecular flexibility index (Phi) is 5.05. The lowest BCUT2D eigenvalue weighted by Gasteiger charge is -2.28. The van der Waals surface area contributed by atoms with Gasteiger partial charge in [-0.1, -0.05) is 32.1 Å². The first-order chi connectivity index (χ1) is 9.11. The number of hydrogen-bond acceptors (Lipinski definition) is 4. The van der Waals surface area contributed by atoms with Gasteiger partial charge in [-0.3, -0.25) is 0 Å². The number of carbonyl (C=O) groups is 1. The first-order valence-corrected chi connectivity index (χ1v) is 7.51. The molecule has 1 saturated heterocycles. The monoisotopic (exact) mass is 270 g/mol. The molecular weight excluding hydrogens is 244 g/mol. The van der Waals surface area contributed by atoms with Crippen LogP contribution in [0.1, 0.15) is 45.4 Å². The third-order valence-corrected chi connectivity index (χ3v) is 4.44. The van der Waals surface area contributed by atoms with Gasteiger partial charge in [-0.05, 0) is 19.3 Å². The quantitative estimate of drug-likeness (QED) is 0.793. The van der Waals surface area contributed by atoms with E-state index in [9.17, 15) is 9.90 Å². The van der Waals surface area contributed by atoms with Gasteiger partial charge >= 0.3 is 6.09 Å². The van der Waals surface area contributed by atoms with Crippen LogP contribution in [0.25, 0.3) is 0 Å². The molecule has 0 bridgehead atoms. The van der Waals surface area contributed by atoms with Crippen LogP contribution in [0.15, 0.2) is 0 Å². The minimum absolute atomic E-state index is 0.294. The molecule has 0 aromatic rings. The van der Waals surface area contributed by atoms with Gasteiger partial charge in [0.2, 0.25) is 0 Å². The summed E-state index contributed by atoms with van der Waals surface area (Å²) in [5.41, 5.74) is 6.10. The van der Waals surface area contributed by atoms with E-state index in [1.165, 1.54) is 32.1 Å². The van der Waals surface area contributed by atoms with Gasteiger partial charge in [0.1, 0.15) is 12.2 Å². The molecule has 1 heterocycles. The van der Waals surface area contributed by atoms with Crippen molar-refractivity contribution < 1.29 is 14.6 Å². The minimum atomic E-state index is -0.748. The second-order valence-electron chi connectivity index (χ2n) is 5.86. The summed E-state index contributed by atoms with van der Waals surface area (Å²) in [7, 11) is 0. The fraction of sp³-hybridized carbons (Fsp3) is 0.929. The van der Waals surface area contributed by atoms with Crippen LogP contribution in [0.3, 0.4) is 0 Å². The lowest BCUT2D eigenvalue weighted by atomic mass is 9.83. The Bertz CT molecular complexity index is 305. The molecule has 19 heavy (non-hydrogen) atoms. The molecule has 1 aliphatic carbocycles. The van der Waals surface area contributed by atoms with Gasteiger partial charge in [0, 0.05) is 12.6 Å². The highest BCUT2D eigenvalue weighted by molar-refractivity contribution is 5.69. The molecule has 110 valence electrons. The zero-order valence-electron chi connectivity index (χ0n) is 11.8. The van der Waals surface area contributed by atoms with Crippen molar-refractivity contribution in [3.8, 4) is 0 Å². The summed E-state index contributed by atoms with van der Waals surface area (Å²) in [5, 5.41) is 10.3. The molecule has 1 aliphatic heterocycles. The molecule has 2 aliphatic rings. The van der Waals surface area contributed by atoms with E-state index in [-0.39, 0.29) is 12.1 Å². The Morgan fingerprint density at radius 2 is 2.11 bits per heavy atom. The third-order valence-electron chi connectivity index (χ3n) is 4.44. The van der Waals surface area contributed by atoms with E-state index in [0.717, 1.165) is 6.42 Å². The van der Waals surface area contributed by atoms with Crippen LogP contribution < -0.4 is 5.73 Å². The van der Waals surface area contributed by atoms with E-state index in [0.29, 0.717) is 19.0 Å². The summed E-state index contributed by atoms with van der Waals surface area (Å²) in [5.74, 6) is 0.623. The number of likely N-dealkylation sites (N-methyl/N-ethyl adjacent to an activating group) is 1. The molecule has 2 fully saturated rings. The summed E-state index contributed by atoms with van der Waals surface area (Å²) in [6.07, 6.45) is 5.58. The van der Waals surface area contributed by atoms with Crippen molar-refractivity contribution in [2.24, 2.45) is 11.7 Å². The predicted molar refractivity (Wildman–Crippen MR) is 72.7 cm³/mol. The van der Waals surface area contributed by atoms with Crippen molar-refractivity contribution in [3.63, 3.8) is 0 Å².